The van der Waals surface area contributed by atoms with Crippen LogP contribution >= 0.6 is 0 Å². The summed E-state index contributed by atoms with van der Waals surface area (Å²) in [4.78, 5) is 23.2. The van der Waals surface area contributed by atoms with Crippen LogP contribution in [0.2, 0.25) is 0 Å². The molecule has 138 valence electrons. The second-order valence-corrected chi connectivity index (χ2v) is 6.96. The van der Waals surface area contributed by atoms with E-state index in [1.807, 2.05) is 19.1 Å². The number of fused-ring (bicyclic) bond motifs is 3. The highest BCUT2D eigenvalue weighted by molar-refractivity contribution is 5.88. The predicted octanol–water partition coefficient (Wildman–Crippen LogP) is 2.92. The molecule has 3 aromatic rings. The third kappa shape index (κ3) is 3.33. The molecule has 1 aliphatic rings. The molecule has 1 aromatic heterocycles. The summed E-state index contributed by atoms with van der Waals surface area (Å²) in [5.41, 5.74) is 4.05. The van der Waals surface area contributed by atoms with Crippen molar-refractivity contribution < 1.29 is 19.1 Å². The van der Waals surface area contributed by atoms with Crippen molar-refractivity contribution in [1.82, 2.24) is 0 Å². The third-order valence-corrected chi connectivity index (χ3v) is 5.01. The van der Waals surface area contributed by atoms with Crippen LogP contribution < -0.4 is 15.5 Å². The fraction of sp³-hybridized carbons (Fsp3) is 0.273. The van der Waals surface area contributed by atoms with E-state index in [2.05, 4.69) is 0 Å². The van der Waals surface area contributed by atoms with Gasteiger partial charge in [0.05, 0.1) is 11.4 Å². The Balaban J connectivity index is 1.72. The Morgan fingerprint density at radius 1 is 1.11 bits per heavy atom. The summed E-state index contributed by atoms with van der Waals surface area (Å²) in [6, 6.07) is 10.2. The van der Waals surface area contributed by atoms with Gasteiger partial charge in [0.1, 0.15) is 17.9 Å². The largest absolute Gasteiger partial charge is 0.545 e. The van der Waals surface area contributed by atoms with Gasteiger partial charge in [-0.15, -0.1) is 0 Å². The highest BCUT2D eigenvalue weighted by Crippen LogP contribution is 2.35. The summed E-state index contributed by atoms with van der Waals surface area (Å²) >= 11 is 0. The van der Waals surface area contributed by atoms with Gasteiger partial charge in [-0.2, -0.15) is 0 Å². The van der Waals surface area contributed by atoms with Crippen LogP contribution in [0.4, 0.5) is 0 Å². The summed E-state index contributed by atoms with van der Waals surface area (Å²) in [5, 5.41) is 11.7. The Morgan fingerprint density at radius 3 is 2.52 bits per heavy atom. The first-order valence-corrected chi connectivity index (χ1v) is 9.05. The van der Waals surface area contributed by atoms with E-state index in [1.54, 1.807) is 12.1 Å². The average Bonchev–Trinajstić information content (AvgIpc) is 2.66. The monoisotopic (exact) mass is 363 g/mol. The van der Waals surface area contributed by atoms with Gasteiger partial charge in [0.2, 0.25) is 0 Å². The van der Waals surface area contributed by atoms with Crippen LogP contribution in [0.5, 0.6) is 5.75 Å². The first-order valence-electron chi connectivity index (χ1n) is 9.05. The van der Waals surface area contributed by atoms with Gasteiger partial charge in [0.25, 0.3) is 0 Å². The Morgan fingerprint density at radius 2 is 1.81 bits per heavy atom. The number of hydrogen-bond acceptors (Lipinski definition) is 5. The number of aromatic carboxylic acids is 1. The van der Waals surface area contributed by atoms with Crippen LogP contribution in [0.25, 0.3) is 11.0 Å². The zero-order chi connectivity index (χ0) is 19.0. The molecule has 2 aromatic carbocycles. The molecule has 0 unspecified atom stereocenters. The maximum Gasteiger partial charge on any atom is 0.339 e. The van der Waals surface area contributed by atoms with Crippen molar-refractivity contribution in [3.63, 3.8) is 0 Å². The molecule has 5 heteroatoms. The summed E-state index contributed by atoms with van der Waals surface area (Å²) in [6.45, 7) is 2.22. The number of carboxylic acid groups (broad SMARTS) is 1. The van der Waals surface area contributed by atoms with Crippen LogP contribution in [0.15, 0.2) is 45.6 Å². The number of rotatable bonds is 4. The molecule has 27 heavy (non-hydrogen) atoms. The number of benzene rings is 2. The zero-order valence-electron chi connectivity index (χ0n) is 15.0. The van der Waals surface area contributed by atoms with E-state index in [0.717, 1.165) is 53.3 Å². The van der Waals surface area contributed by atoms with Crippen LogP contribution in [0, 0.1) is 6.92 Å². The number of carbonyl (C=O) groups is 1. The van der Waals surface area contributed by atoms with Crippen LogP contribution in [-0.2, 0) is 19.4 Å². The molecule has 0 saturated heterocycles. The minimum absolute atomic E-state index is 0.135. The van der Waals surface area contributed by atoms with E-state index in [1.165, 1.54) is 12.1 Å². The van der Waals surface area contributed by atoms with E-state index >= 15 is 0 Å². The lowest BCUT2D eigenvalue weighted by Crippen LogP contribution is -2.22. The van der Waals surface area contributed by atoms with Crippen molar-refractivity contribution in [2.45, 2.75) is 39.2 Å². The minimum atomic E-state index is -1.20. The van der Waals surface area contributed by atoms with Gasteiger partial charge in [-0.05, 0) is 67.0 Å². The summed E-state index contributed by atoms with van der Waals surface area (Å²) in [6.07, 6.45) is 3.63. The van der Waals surface area contributed by atoms with Gasteiger partial charge < -0.3 is 19.1 Å². The molecule has 0 amide bonds. The number of carbonyl (C=O) groups excluding carboxylic acids is 1. The second kappa shape index (κ2) is 6.91. The standard InChI is InChI=1S/C22H20O5/c1-13-10-18(26-12-14-6-8-15(9-7-14)21(23)24)20-16-4-2-3-5-17(16)22(25)27-19(20)11-13/h6-11H,2-5,12H2,1H3,(H,23,24)/p-1. The minimum Gasteiger partial charge on any atom is -0.545 e. The van der Waals surface area contributed by atoms with Gasteiger partial charge in [0.15, 0.2) is 0 Å². The lowest BCUT2D eigenvalue weighted by Gasteiger charge is -2.19. The SMILES string of the molecule is Cc1cc(OCc2ccc(C(=O)[O-])cc2)c2c3c(c(=O)oc2c1)CCCC3. The Kier molecular flexibility index (Phi) is 4.44. The molecule has 0 radical (unpaired) electrons. The molecule has 0 fully saturated rings. The van der Waals surface area contributed by atoms with E-state index in [-0.39, 0.29) is 11.2 Å². The summed E-state index contributed by atoms with van der Waals surface area (Å²) in [5.74, 6) is -0.510. The van der Waals surface area contributed by atoms with Crippen LogP contribution in [0.3, 0.4) is 0 Å². The van der Waals surface area contributed by atoms with Crippen molar-refractivity contribution in [2.24, 2.45) is 0 Å². The molecule has 0 atom stereocenters. The molecule has 0 spiro atoms. The van der Waals surface area contributed by atoms with E-state index in [4.69, 9.17) is 9.15 Å². The number of carboxylic acids is 1. The lowest BCUT2D eigenvalue weighted by molar-refractivity contribution is -0.255. The maximum absolute atomic E-state index is 12.3. The van der Waals surface area contributed by atoms with E-state index < -0.39 is 5.97 Å². The molecule has 0 bridgehead atoms. The topological polar surface area (TPSA) is 79.6 Å². The van der Waals surface area contributed by atoms with Gasteiger partial charge in [-0.3, -0.25) is 0 Å². The molecule has 5 nitrogen and oxygen atoms in total. The van der Waals surface area contributed by atoms with Crippen molar-refractivity contribution >= 4 is 16.9 Å². The predicted molar refractivity (Wildman–Crippen MR) is 99.0 cm³/mol. The summed E-state index contributed by atoms with van der Waals surface area (Å²) < 4.78 is 11.6. The molecule has 0 saturated carbocycles. The molecule has 0 aliphatic heterocycles. The van der Waals surface area contributed by atoms with Crippen molar-refractivity contribution in [2.75, 3.05) is 0 Å². The van der Waals surface area contributed by atoms with Crippen molar-refractivity contribution in [1.29, 1.82) is 0 Å². The fourth-order valence-corrected chi connectivity index (χ4v) is 3.68. The number of ether oxygens (including phenoxy) is 1. The van der Waals surface area contributed by atoms with Gasteiger partial charge in [0, 0.05) is 5.56 Å². The highest BCUT2D eigenvalue weighted by Gasteiger charge is 2.21. The van der Waals surface area contributed by atoms with Crippen LogP contribution in [0.1, 0.15) is 45.5 Å². The molecule has 1 aliphatic carbocycles. The van der Waals surface area contributed by atoms with Gasteiger partial charge in [-0.25, -0.2) is 4.79 Å². The average molecular weight is 363 g/mol. The molecule has 4 rings (SSSR count). The first kappa shape index (κ1) is 17.3. The smallest absolute Gasteiger partial charge is 0.339 e. The number of aryl methyl sites for hydroxylation is 2. The first-order chi connectivity index (χ1) is 13.0. The fourth-order valence-electron chi connectivity index (χ4n) is 3.68. The van der Waals surface area contributed by atoms with Gasteiger partial charge >= 0.3 is 5.63 Å². The quantitative estimate of drug-likeness (QED) is 0.666. The van der Waals surface area contributed by atoms with E-state index in [9.17, 15) is 14.7 Å². The number of hydrogen-bond donors (Lipinski definition) is 0. The highest BCUT2D eigenvalue weighted by atomic mass is 16.5. The normalized spacial score (nSPS) is 13.4. The molecule has 0 N–H and O–H groups in total. The zero-order valence-corrected chi connectivity index (χ0v) is 15.0. The van der Waals surface area contributed by atoms with Crippen molar-refractivity contribution in [3.8, 4) is 5.75 Å². The Labute approximate surface area is 156 Å². The molecular weight excluding hydrogens is 344 g/mol. The second-order valence-electron chi connectivity index (χ2n) is 6.96. The lowest BCUT2D eigenvalue weighted by atomic mass is 9.90. The Bertz CT molecular complexity index is 1080. The van der Waals surface area contributed by atoms with Crippen molar-refractivity contribution in [3.05, 3.63) is 74.6 Å². The van der Waals surface area contributed by atoms with Crippen LogP contribution in [-0.4, -0.2) is 5.97 Å². The van der Waals surface area contributed by atoms with Gasteiger partial charge in [-0.1, -0.05) is 24.3 Å². The molecular formula is C22H19O5-. The summed E-state index contributed by atoms with van der Waals surface area (Å²) in [7, 11) is 0. The third-order valence-electron chi connectivity index (χ3n) is 5.01. The van der Waals surface area contributed by atoms with E-state index in [0.29, 0.717) is 17.9 Å². The molecule has 1 heterocycles. The maximum atomic E-state index is 12.3. The Hall–Kier alpha value is -3.08.